The minimum Gasteiger partial charge on any atom is -0.484 e. The van der Waals surface area contributed by atoms with E-state index in [1.54, 1.807) is 18.2 Å². The fraction of sp³-hybridized carbons (Fsp3) is 0.0833. The Morgan fingerprint density at radius 2 is 2.10 bits per heavy atom. The zero-order valence-corrected chi connectivity index (χ0v) is 10.5. The van der Waals surface area contributed by atoms with E-state index in [1.807, 2.05) is 0 Å². The van der Waals surface area contributed by atoms with Gasteiger partial charge in [-0.1, -0.05) is 6.07 Å². The molecule has 110 valence electrons. The molecule has 2 aromatic rings. The lowest BCUT2D eigenvalue weighted by Crippen LogP contribution is -2.10. The number of rotatable bonds is 5. The van der Waals surface area contributed by atoms with E-state index >= 15 is 0 Å². The molecule has 1 heterocycles. The van der Waals surface area contributed by atoms with Gasteiger partial charge in [-0.05, 0) is 12.1 Å². The third-order valence-corrected chi connectivity index (χ3v) is 2.53. The number of nitro benzene ring substituents is 1. The molecule has 1 aromatic heterocycles. The van der Waals surface area contributed by atoms with Crippen LogP contribution in [0.5, 0.6) is 5.75 Å². The molecule has 0 bridgehead atoms. The molecule has 0 fully saturated rings. The van der Waals surface area contributed by atoms with Gasteiger partial charge in [-0.2, -0.15) is 4.39 Å². The maximum Gasteiger partial charge on any atom is 0.307 e. The molecule has 0 spiro atoms. The number of ether oxygens (including phenoxy) is 1. The van der Waals surface area contributed by atoms with E-state index in [9.17, 15) is 18.9 Å². The summed E-state index contributed by atoms with van der Waals surface area (Å²) in [6.07, 6.45) is 0. The number of pyridine rings is 1. The van der Waals surface area contributed by atoms with Gasteiger partial charge in [-0.15, -0.1) is 0 Å². The van der Waals surface area contributed by atoms with Crippen molar-refractivity contribution in [1.29, 1.82) is 0 Å². The number of nitrogens with one attached hydrogen (secondary N) is 1. The number of hydrogen-bond acceptors (Lipinski definition) is 6. The van der Waals surface area contributed by atoms with E-state index in [0.717, 1.165) is 0 Å². The monoisotopic (exact) mass is 296 g/mol. The van der Waals surface area contributed by atoms with Crippen molar-refractivity contribution in [2.45, 2.75) is 6.61 Å². The summed E-state index contributed by atoms with van der Waals surface area (Å²) in [5, 5.41) is 10.5. The number of halogens is 2. The normalized spacial score (nSPS) is 10.2. The van der Waals surface area contributed by atoms with Crippen molar-refractivity contribution in [3.8, 4) is 5.75 Å². The summed E-state index contributed by atoms with van der Waals surface area (Å²) < 4.78 is 32.1. The fourth-order valence-electron chi connectivity index (χ4n) is 1.56. The van der Waals surface area contributed by atoms with Gasteiger partial charge in [0, 0.05) is 6.07 Å². The minimum atomic E-state index is -1.18. The van der Waals surface area contributed by atoms with E-state index in [-0.39, 0.29) is 6.61 Å². The zero-order valence-electron chi connectivity index (χ0n) is 10.5. The Morgan fingerprint density at radius 3 is 2.76 bits per heavy atom. The second-order valence-corrected chi connectivity index (χ2v) is 3.94. The Balaban J connectivity index is 2.16. The average Bonchev–Trinajstić information content (AvgIpc) is 2.47. The summed E-state index contributed by atoms with van der Waals surface area (Å²) in [5.74, 6) is 2.92. The van der Waals surface area contributed by atoms with E-state index in [0.29, 0.717) is 23.6 Å². The van der Waals surface area contributed by atoms with Gasteiger partial charge < -0.3 is 10.2 Å². The molecule has 3 N–H and O–H groups in total. The Kier molecular flexibility index (Phi) is 4.24. The summed E-state index contributed by atoms with van der Waals surface area (Å²) in [6, 6.07) is 5.94. The summed E-state index contributed by atoms with van der Waals surface area (Å²) in [7, 11) is 0. The van der Waals surface area contributed by atoms with Crippen LogP contribution in [-0.4, -0.2) is 9.91 Å². The number of nitrogen functional groups attached to an aromatic ring is 1. The second-order valence-electron chi connectivity index (χ2n) is 3.94. The molecular weight excluding hydrogens is 286 g/mol. The van der Waals surface area contributed by atoms with Crippen LogP contribution in [0.25, 0.3) is 0 Å². The largest absolute Gasteiger partial charge is 0.484 e. The predicted molar refractivity (Wildman–Crippen MR) is 69.4 cm³/mol. The van der Waals surface area contributed by atoms with Crippen LogP contribution in [0.1, 0.15) is 5.69 Å². The number of nitrogens with two attached hydrogens (primary N) is 1. The lowest BCUT2D eigenvalue weighted by molar-refractivity contribution is -0.387. The Hall–Kier alpha value is -2.81. The van der Waals surface area contributed by atoms with Gasteiger partial charge in [0.15, 0.2) is 11.6 Å². The molecule has 1 aromatic carbocycles. The van der Waals surface area contributed by atoms with Crippen molar-refractivity contribution in [1.82, 2.24) is 4.98 Å². The first-order valence-corrected chi connectivity index (χ1v) is 5.70. The van der Waals surface area contributed by atoms with Gasteiger partial charge >= 0.3 is 5.69 Å². The lowest BCUT2D eigenvalue weighted by Gasteiger charge is -2.08. The van der Waals surface area contributed by atoms with Crippen molar-refractivity contribution in [2.24, 2.45) is 5.84 Å². The SMILES string of the molecule is NNc1cccc(COc2cc(F)c([N+](=O)[O-])cc2F)n1. The number of benzene rings is 1. The maximum absolute atomic E-state index is 13.6. The number of hydrazine groups is 1. The summed E-state index contributed by atoms with van der Waals surface area (Å²) in [6.45, 7) is -0.149. The molecule has 0 aliphatic rings. The molecule has 2 rings (SSSR count). The van der Waals surface area contributed by atoms with Crippen LogP contribution in [-0.2, 0) is 6.61 Å². The van der Waals surface area contributed by atoms with Gasteiger partial charge in [0.2, 0.25) is 5.82 Å². The van der Waals surface area contributed by atoms with Crippen molar-refractivity contribution < 1.29 is 18.4 Å². The molecule has 0 aliphatic carbocycles. The molecule has 0 radical (unpaired) electrons. The van der Waals surface area contributed by atoms with Crippen LogP contribution >= 0.6 is 0 Å². The summed E-state index contributed by atoms with van der Waals surface area (Å²) in [5.41, 5.74) is 1.80. The van der Waals surface area contributed by atoms with Crippen LogP contribution in [0.4, 0.5) is 20.3 Å². The molecule has 0 saturated heterocycles. The first kappa shape index (κ1) is 14.6. The molecule has 0 aliphatic heterocycles. The second kappa shape index (κ2) is 6.09. The molecule has 0 unspecified atom stereocenters. The smallest absolute Gasteiger partial charge is 0.307 e. The Bertz CT molecular complexity index is 682. The van der Waals surface area contributed by atoms with E-state index in [1.165, 1.54) is 0 Å². The number of anilines is 1. The number of aromatic nitrogens is 1. The maximum atomic E-state index is 13.6. The van der Waals surface area contributed by atoms with Crippen molar-refractivity contribution in [3.05, 3.63) is 57.8 Å². The standard InChI is InChI=1S/C12H10F2N4O3/c13-8-5-11(9(14)4-10(8)18(19)20)21-6-7-2-1-3-12(16-7)17-15/h1-5H,6,15H2,(H,16,17). The fourth-order valence-corrected chi connectivity index (χ4v) is 1.56. The molecule has 7 nitrogen and oxygen atoms in total. The number of nitrogens with zero attached hydrogens (tertiary/aromatic N) is 2. The molecule has 0 saturated carbocycles. The highest BCUT2D eigenvalue weighted by Gasteiger charge is 2.19. The van der Waals surface area contributed by atoms with Crippen LogP contribution < -0.4 is 16.0 Å². The predicted octanol–water partition coefficient (Wildman–Crippen LogP) is 2.13. The summed E-state index contributed by atoms with van der Waals surface area (Å²) in [4.78, 5) is 13.5. The van der Waals surface area contributed by atoms with Crippen LogP contribution in [0.2, 0.25) is 0 Å². The van der Waals surface area contributed by atoms with Gasteiger partial charge in [-0.3, -0.25) is 10.1 Å². The van der Waals surface area contributed by atoms with Gasteiger partial charge in [0.1, 0.15) is 12.4 Å². The third-order valence-electron chi connectivity index (χ3n) is 2.53. The van der Waals surface area contributed by atoms with E-state index in [2.05, 4.69) is 10.4 Å². The topological polar surface area (TPSA) is 103 Å². The third kappa shape index (κ3) is 3.39. The van der Waals surface area contributed by atoms with Gasteiger partial charge in [0.25, 0.3) is 0 Å². The van der Waals surface area contributed by atoms with Crippen molar-refractivity contribution in [2.75, 3.05) is 5.43 Å². The van der Waals surface area contributed by atoms with Crippen molar-refractivity contribution in [3.63, 3.8) is 0 Å². The number of nitro groups is 1. The molecule has 9 heteroatoms. The summed E-state index contributed by atoms with van der Waals surface area (Å²) >= 11 is 0. The van der Waals surface area contributed by atoms with Crippen LogP contribution in [0.3, 0.4) is 0 Å². The van der Waals surface area contributed by atoms with Gasteiger partial charge in [-0.25, -0.2) is 15.2 Å². The average molecular weight is 296 g/mol. The first-order chi connectivity index (χ1) is 10.0. The molecular formula is C12H10F2N4O3. The van der Waals surface area contributed by atoms with Crippen molar-refractivity contribution >= 4 is 11.5 Å². The zero-order chi connectivity index (χ0) is 15.4. The first-order valence-electron chi connectivity index (χ1n) is 5.70. The van der Waals surface area contributed by atoms with Crippen LogP contribution in [0.15, 0.2) is 30.3 Å². The lowest BCUT2D eigenvalue weighted by atomic mass is 10.2. The highest BCUT2D eigenvalue weighted by molar-refractivity contribution is 5.39. The highest BCUT2D eigenvalue weighted by atomic mass is 19.1. The molecule has 0 atom stereocenters. The van der Waals surface area contributed by atoms with Crippen LogP contribution in [0, 0.1) is 21.7 Å². The minimum absolute atomic E-state index is 0.149. The highest BCUT2D eigenvalue weighted by Crippen LogP contribution is 2.26. The van der Waals surface area contributed by atoms with E-state index < -0.39 is 28.0 Å². The Labute approximate surface area is 117 Å². The molecule has 0 amide bonds. The van der Waals surface area contributed by atoms with Gasteiger partial charge in [0.05, 0.1) is 16.7 Å². The Morgan fingerprint density at radius 1 is 1.33 bits per heavy atom. The quantitative estimate of drug-likeness (QED) is 0.497. The molecule has 21 heavy (non-hydrogen) atoms. The number of hydrogen-bond donors (Lipinski definition) is 2. The van der Waals surface area contributed by atoms with E-state index in [4.69, 9.17) is 10.6 Å².